The lowest BCUT2D eigenvalue weighted by atomic mass is 10.2. The van der Waals surface area contributed by atoms with Crippen molar-refractivity contribution in [1.82, 2.24) is 9.88 Å². The van der Waals surface area contributed by atoms with E-state index in [1.54, 1.807) is 20.3 Å². The standard InChI is InChI=1S/C12H12BrN3O/c1-16(2)12(17)15-10-5-3-4-8-6-9(13)7-14-11(8)10/h3-7H,1-2H3,(H,15,17). The van der Waals surface area contributed by atoms with E-state index in [-0.39, 0.29) is 6.03 Å². The van der Waals surface area contributed by atoms with Gasteiger partial charge in [0, 0.05) is 30.2 Å². The van der Waals surface area contributed by atoms with Crippen LogP contribution in [0.1, 0.15) is 0 Å². The maximum absolute atomic E-state index is 11.6. The highest BCUT2D eigenvalue weighted by molar-refractivity contribution is 9.10. The van der Waals surface area contributed by atoms with Crippen LogP contribution in [-0.4, -0.2) is 30.0 Å². The molecule has 5 heteroatoms. The summed E-state index contributed by atoms with van der Waals surface area (Å²) in [7, 11) is 3.40. The number of benzene rings is 1. The third-order valence-corrected chi connectivity index (χ3v) is 2.76. The van der Waals surface area contributed by atoms with Crippen molar-refractivity contribution < 1.29 is 4.79 Å². The summed E-state index contributed by atoms with van der Waals surface area (Å²) in [5.41, 5.74) is 1.50. The van der Waals surface area contributed by atoms with Gasteiger partial charge in [-0.2, -0.15) is 0 Å². The van der Waals surface area contributed by atoms with E-state index in [1.807, 2.05) is 24.3 Å². The number of nitrogens with one attached hydrogen (secondary N) is 1. The van der Waals surface area contributed by atoms with Gasteiger partial charge in [0.25, 0.3) is 0 Å². The highest BCUT2D eigenvalue weighted by Gasteiger charge is 2.07. The SMILES string of the molecule is CN(C)C(=O)Nc1cccc2cc(Br)cnc12. The number of hydrogen-bond acceptors (Lipinski definition) is 2. The molecular weight excluding hydrogens is 282 g/mol. The fraction of sp³-hybridized carbons (Fsp3) is 0.167. The largest absolute Gasteiger partial charge is 0.331 e. The molecular formula is C12H12BrN3O. The number of carbonyl (C=O) groups is 1. The number of urea groups is 1. The molecule has 0 unspecified atom stereocenters. The number of aromatic nitrogens is 1. The van der Waals surface area contributed by atoms with E-state index in [0.29, 0.717) is 5.69 Å². The molecule has 1 aromatic carbocycles. The van der Waals surface area contributed by atoms with Crippen molar-refractivity contribution in [3.8, 4) is 0 Å². The number of hydrogen-bond donors (Lipinski definition) is 1. The van der Waals surface area contributed by atoms with Crippen LogP contribution in [0, 0.1) is 0 Å². The Morgan fingerprint density at radius 3 is 2.88 bits per heavy atom. The van der Waals surface area contributed by atoms with Crippen LogP contribution in [0.5, 0.6) is 0 Å². The molecule has 1 aromatic heterocycles. The average Bonchev–Trinajstić information content (AvgIpc) is 2.28. The van der Waals surface area contributed by atoms with Gasteiger partial charge in [-0.05, 0) is 28.1 Å². The molecule has 88 valence electrons. The van der Waals surface area contributed by atoms with Crippen LogP contribution in [0.15, 0.2) is 34.9 Å². The molecule has 0 aliphatic carbocycles. The van der Waals surface area contributed by atoms with Crippen molar-refractivity contribution in [1.29, 1.82) is 0 Å². The number of amides is 2. The Kier molecular flexibility index (Phi) is 3.28. The van der Waals surface area contributed by atoms with Crippen LogP contribution in [0.3, 0.4) is 0 Å². The van der Waals surface area contributed by atoms with Crippen LogP contribution in [-0.2, 0) is 0 Å². The second kappa shape index (κ2) is 4.71. The van der Waals surface area contributed by atoms with Crippen LogP contribution >= 0.6 is 15.9 Å². The fourth-order valence-electron chi connectivity index (χ4n) is 1.46. The third kappa shape index (κ3) is 2.55. The Morgan fingerprint density at radius 2 is 2.18 bits per heavy atom. The van der Waals surface area contributed by atoms with Crippen LogP contribution in [0.25, 0.3) is 10.9 Å². The van der Waals surface area contributed by atoms with E-state index in [0.717, 1.165) is 15.4 Å². The summed E-state index contributed by atoms with van der Waals surface area (Å²) in [4.78, 5) is 17.4. The minimum Gasteiger partial charge on any atom is -0.331 e. The number of para-hydroxylation sites is 1. The van der Waals surface area contributed by atoms with E-state index in [1.165, 1.54) is 4.90 Å². The minimum atomic E-state index is -0.165. The molecule has 2 rings (SSSR count). The van der Waals surface area contributed by atoms with E-state index in [2.05, 4.69) is 26.2 Å². The first-order valence-electron chi connectivity index (χ1n) is 5.10. The maximum atomic E-state index is 11.6. The second-order valence-electron chi connectivity index (χ2n) is 3.86. The average molecular weight is 294 g/mol. The quantitative estimate of drug-likeness (QED) is 0.878. The first-order chi connectivity index (χ1) is 8.08. The van der Waals surface area contributed by atoms with Crippen LogP contribution in [0.2, 0.25) is 0 Å². The molecule has 0 fully saturated rings. The number of halogens is 1. The summed E-state index contributed by atoms with van der Waals surface area (Å²) in [6, 6.07) is 7.49. The lowest BCUT2D eigenvalue weighted by molar-refractivity contribution is 0.231. The summed E-state index contributed by atoms with van der Waals surface area (Å²) < 4.78 is 0.918. The first kappa shape index (κ1) is 11.9. The molecule has 0 atom stereocenters. The Labute approximate surface area is 108 Å². The Balaban J connectivity index is 2.44. The van der Waals surface area contributed by atoms with Gasteiger partial charge >= 0.3 is 6.03 Å². The molecule has 0 spiro atoms. The van der Waals surface area contributed by atoms with E-state index < -0.39 is 0 Å². The molecule has 17 heavy (non-hydrogen) atoms. The summed E-state index contributed by atoms with van der Waals surface area (Å²) in [6.45, 7) is 0. The topological polar surface area (TPSA) is 45.2 Å². The predicted octanol–water partition coefficient (Wildman–Crippen LogP) is 3.09. The smallest absolute Gasteiger partial charge is 0.321 e. The molecule has 1 N–H and O–H groups in total. The molecule has 2 amide bonds. The molecule has 1 heterocycles. The van der Waals surface area contributed by atoms with Crippen LogP contribution < -0.4 is 5.32 Å². The number of nitrogens with zero attached hydrogens (tertiary/aromatic N) is 2. The molecule has 2 aromatic rings. The van der Waals surface area contributed by atoms with E-state index >= 15 is 0 Å². The zero-order chi connectivity index (χ0) is 12.4. The van der Waals surface area contributed by atoms with Gasteiger partial charge in [-0.25, -0.2) is 4.79 Å². The van der Waals surface area contributed by atoms with Gasteiger partial charge < -0.3 is 10.2 Å². The van der Waals surface area contributed by atoms with E-state index in [4.69, 9.17) is 0 Å². The molecule has 0 radical (unpaired) electrons. The zero-order valence-electron chi connectivity index (χ0n) is 9.57. The van der Waals surface area contributed by atoms with Gasteiger partial charge in [-0.15, -0.1) is 0 Å². The van der Waals surface area contributed by atoms with Crippen molar-refractivity contribution in [2.24, 2.45) is 0 Å². The highest BCUT2D eigenvalue weighted by atomic mass is 79.9. The molecule has 0 aliphatic rings. The predicted molar refractivity (Wildman–Crippen MR) is 72.1 cm³/mol. The monoisotopic (exact) mass is 293 g/mol. The van der Waals surface area contributed by atoms with Crippen molar-refractivity contribution in [2.45, 2.75) is 0 Å². The second-order valence-corrected chi connectivity index (χ2v) is 4.77. The van der Waals surface area contributed by atoms with Crippen molar-refractivity contribution in [3.63, 3.8) is 0 Å². The fourth-order valence-corrected chi connectivity index (χ4v) is 1.81. The summed E-state index contributed by atoms with van der Waals surface area (Å²) >= 11 is 3.37. The Morgan fingerprint density at radius 1 is 1.41 bits per heavy atom. The third-order valence-electron chi connectivity index (χ3n) is 2.33. The van der Waals surface area contributed by atoms with Gasteiger partial charge in [0.1, 0.15) is 0 Å². The maximum Gasteiger partial charge on any atom is 0.321 e. The number of rotatable bonds is 1. The van der Waals surface area contributed by atoms with Gasteiger partial charge in [0.2, 0.25) is 0 Å². The Bertz CT molecular complexity index is 569. The van der Waals surface area contributed by atoms with Crippen LogP contribution in [0.4, 0.5) is 10.5 Å². The number of carbonyl (C=O) groups excluding carboxylic acids is 1. The molecule has 0 saturated heterocycles. The normalized spacial score (nSPS) is 10.3. The molecule has 0 aliphatic heterocycles. The lowest BCUT2D eigenvalue weighted by Gasteiger charge is -2.13. The van der Waals surface area contributed by atoms with E-state index in [9.17, 15) is 4.79 Å². The number of fused-ring (bicyclic) bond motifs is 1. The first-order valence-corrected chi connectivity index (χ1v) is 5.90. The molecule has 0 saturated carbocycles. The van der Waals surface area contributed by atoms with Gasteiger partial charge in [0.05, 0.1) is 11.2 Å². The molecule has 0 bridgehead atoms. The zero-order valence-corrected chi connectivity index (χ0v) is 11.2. The van der Waals surface area contributed by atoms with Gasteiger partial charge in [0.15, 0.2) is 0 Å². The summed E-state index contributed by atoms with van der Waals surface area (Å²) in [5.74, 6) is 0. The van der Waals surface area contributed by atoms with Crippen molar-refractivity contribution in [3.05, 3.63) is 34.9 Å². The minimum absolute atomic E-state index is 0.165. The summed E-state index contributed by atoms with van der Waals surface area (Å²) in [5, 5.41) is 3.80. The van der Waals surface area contributed by atoms with Gasteiger partial charge in [-0.3, -0.25) is 4.98 Å². The molecule has 4 nitrogen and oxygen atoms in total. The summed E-state index contributed by atoms with van der Waals surface area (Å²) in [6.07, 6.45) is 1.72. The van der Waals surface area contributed by atoms with Gasteiger partial charge in [-0.1, -0.05) is 12.1 Å². The number of anilines is 1. The van der Waals surface area contributed by atoms with Crippen molar-refractivity contribution >= 4 is 38.6 Å². The lowest BCUT2D eigenvalue weighted by Crippen LogP contribution is -2.27. The Hall–Kier alpha value is -1.62. The number of pyridine rings is 1. The highest BCUT2D eigenvalue weighted by Crippen LogP contribution is 2.23. The van der Waals surface area contributed by atoms with Crippen molar-refractivity contribution in [2.75, 3.05) is 19.4 Å².